The Morgan fingerprint density at radius 2 is 1.84 bits per heavy atom. The van der Waals surface area contributed by atoms with Crippen LogP contribution in [0.15, 0.2) is 71.4 Å². The van der Waals surface area contributed by atoms with Gasteiger partial charge in [0.2, 0.25) is 0 Å². The number of nitriles is 1. The molecule has 1 aliphatic heterocycles. The maximum atomic E-state index is 14.6. The van der Waals surface area contributed by atoms with E-state index in [2.05, 4.69) is 0 Å². The van der Waals surface area contributed by atoms with E-state index in [-0.39, 0.29) is 22.9 Å². The molecule has 5 rings (SSSR count). The van der Waals surface area contributed by atoms with Crippen molar-refractivity contribution in [2.24, 2.45) is 0 Å². The van der Waals surface area contributed by atoms with Crippen LogP contribution in [-0.4, -0.2) is 39.6 Å². The number of carbonyl (C=O) groups excluding carboxylic acids is 2. The standard InChI is InChI=1S/C29H25FN4O3/c1-18-23(28(35)34(22-10-6-7-11-22)29(36)24(18)16-31)14-20-17-33(21-8-4-3-5-9-21)32-27(20)19-12-13-26(37-2)25(30)15-19/h3-5,8-9,12-15,17,22H,6-7,10-11H2,1-2H3/b23-14+. The Labute approximate surface area is 214 Å². The number of para-hydroxylation sites is 1. The van der Waals surface area contributed by atoms with Gasteiger partial charge in [-0.15, -0.1) is 0 Å². The second kappa shape index (κ2) is 9.86. The van der Waals surface area contributed by atoms with Gasteiger partial charge in [0.1, 0.15) is 17.3 Å². The number of benzene rings is 2. The highest BCUT2D eigenvalue weighted by Crippen LogP contribution is 2.35. The molecule has 1 aliphatic carbocycles. The van der Waals surface area contributed by atoms with Crippen LogP contribution >= 0.6 is 0 Å². The molecule has 37 heavy (non-hydrogen) atoms. The molecule has 2 aromatic carbocycles. The van der Waals surface area contributed by atoms with Gasteiger partial charge >= 0.3 is 0 Å². The van der Waals surface area contributed by atoms with Crippen LogP contribution in [-0.2, 0) is 9.59 Å². The molecule has 2 heterocycles. The third-order valence-electron chi connectivity index (χ3n) is 6.95. The van der Waals surface area contributed by atoms with Crippen molar-refractivity contribution >= 4 is 17.9 Å². The van der Waals surface area contributed by atoms with E-state index < -0.39 is 17.6 Å². The van der Waals surface area contributed by atoms with Gasteiger partial charge in [0.05, 0.1) is 12.8 Å². The maximum absolute atomic E-state index is 14.6. The molecule has 3 aromatic rings. The molecule has 0 saturated heterocycles. The van der Waals surface area contributed by atoms with Crippen LogP contribution < -0.4 is 4.74 Å². The zero-order chi connectivity index (χ0) is 26.1. The summed E-state index contributed by atoms with van der Waals surface area (Å²) in [5, 5.41) is 14.5. The highest BCUT2D eigenvalue weighted by Gasteiger charge is 2.40. The van der Waals surface area contributed by atoms with Crippen molar-refractivity contribution in [1.29, 1.82) is 5.26 Å². The molecule has 0 spiro atoms. The molecule has 1 fully saturated rings. The summed E-state index contributed by atoms with van der Waals surface area (Å²) in [5.74, 6) is -1.39. The van der Waals surface area contributed by atoms with Gasteiger partial charge in [0, 0.05) is 28.9 Å². The van der Waals surface area contributed by atoms with Gasteiger partial charge in [-0.05, 0) is 61.7 Å². The summed E-state index contributed by atoms with van der Waals surface area (Å²) in [6.45, 7) is 1.61. The van der Waals surface area contributed by atoms with Crippen molar-refractivity contribution in [1.82, 2.24) is 14.7 Å². The van der Waals surface area contributed by atoms with E-state index in [0.29, 0.717) is 22.4 Å². The molecule has 1 aromatic heterocycles. The summed E-state index contributed by atoms with van der Waals surface area (Å²) < 4.78 is 21.3. The normalized spacial score (nSPS) is 17.6. The van der Waals surface area contributed by atoms with Gasteiger partial charge in [-0.3, -0.25) is 14.5 Å². The summed E-state index contributed by atoms with van der Waals surface area (Å²) in [4.78, 5) is 28.0. The zero-order valence-corrected chi connectivity index (χ0v) is 20.6. The van der Waals surface area contributed by atoms with Crippen LogP contribution in [0.25, 0.3) is 23.0 Å². The van der Waals surface area contributed by atoms with E-state index in [9.17, 15) is 19.2 Å². The molecule has 2 aliphatic rings. The third-order valence-corrected chi connectivity index (χ3v) is 6.95. The van der Waals surface area contributed by atoms with E-state index in [1.807, 2.05) is 36.4 Å². The lowest BCUT2D eigenvalue weighted by Crippen LogP contribution is -2.47. The minimum absolute atomic E-state index is 0.0368. The van der Waals surface area contributed by atoms with E-state index in [4.69, 9.17) is 9.84 Å². The molecule has 0 bridgehead atoms. The molecule has 186 valence electrons. The van der Waals surface area contributed by atoms with Crippen molar-refractivity contribution < 1.29 is 18.7 Å². The molecule has 1 saturated carbocycles. The summed E-state index contributed by atoms with van der Waals surface area (Å²) >= 11 is 0. The number of methoxy groups -OCH3 is 1. The van der Waals surface area contributed by atoms with Crippen LogP contribution in [0.2, 0.25) is 0 Å². The van der Waals surface area contributed by atoms with Crippen LogP contribution in [0.1, 0.15) is 38.2 Å². The van der Waals surface area contributed by atoms with Crippen molar-refractivity contribution in [2.45, 2.75) is 38.6 Å². The number of rotatable bonds is 5. The summed E-state index contributed by atoms with van der Waals surface area (Å²) in [7, 11) is 1.39. The highest BCUT2D eigenvalue weighted by molar-refractivity contribution is 6.20. The first-order valence-electron chi connectivity index (χ1n) is 12.1. The SMILES string of the molecule is COc1ccc(-c2nn(-c3ccccc3)cc2/C=C2/C(=O)N(C3CCCC3)C(=O)C(C#N)=C2C)cc1F. The Morgan fingerprint density at radius 1 is 1.11 bits per heavy atom. The molecule has 2 amide bonds. The smallest absolute Gasteiger partial charge is 0.271 e. The number of carbonyl (C=O) groups is 2. The van der Waals surface area contributed by atoms with E-state index in [0.717, 1.165) is 31.4 Å². The molecule has 7 nitrogen and oxygen atoms in total. The highest BCUT2D eigenvalue weighted by atomic mass is 19.1. The monoisotopic (exact) mass is 496 g/mol. The molecule has 0 N–H and O–H groups in total. The topological polar surface area (TPSA) is 88.2 Å². The Morgan fingerprint density at radius 3 is 2.49 bits per heavy atom. The second-order valence-corrected chi connectivity index (χ2v) is 9.15. The lowest BCUT2D eigenvalue weighted by atomic mass is 9.92. The minimum atomic E-state index is -0.539. The molecule has 0 unspecified atom stereocenters. The predicted molar refractivity (Wildman–Crippen MR) is 136 cm³/mol. The Balaban J connectivity index is 1.69. The summed E-state index contributed by atoms with van der Waals surface area (Å²) in [6, 6.07) is 15.7. The van der Waals surface area contributed by atoms with Crippen molar-refractivity contribution in [3.63, 3.8) is 0 Å². The first-order valence-corrected chi connectivity index (χ1v) is 12.1. The molecule has 0 radical (unpaired) electrons. The Kier molecular flexibility index (Phi) is 6.45. The zero-order valence-electron chi connectivity index (χ0n) is 20.6. The number of hydrogen-bond acceptors (Lipinski definition) is 5. The predicted octanol–water partition coefficient (Wildman–Crippen LogP) is 5.22. The fourth-order valence-corrected chi connectivity index (χ4v) is 4.99. The third kappa shape index (κ3) is 4.33. The number of imide groups is 1. The molecular weight excluding hydrogens is 471 g/mol. The van der Waals surface area contributed by atoms with Crippen LogP contribution in [0, 0.1) is 17.1 Å². The van der Waals surface area contributed by atoms with E-state index in [1.165, 1.54) is 24.1 Å². The van der Waals surface area contributed by atoms with Crippen LogP contribution in [0.3, 0.4) is 0 Å². The number of halogens is 1. The van der Waals surface area contributed by atoms with E-state index in [1.54, 1.807) is 29.9 Å². The summed E-state index contributed by atoms with van der Waals surface area (Å²) in [6.07, 6.45) is 6.72. The van der Waals surface area contributed by atoms with E-state index >= 15 is 0 Å². The van der Waals surface area contributed by atoms with Gasteiger partial charge in [-0.1, -0.05) is 31.0 Å². The minimum Gasteiger partial charge on any atom is -0.494 e. The van der Waals surface area contributed by atoms with Gasteiger partial charge < -0.3 is 4.74 Å². The maximum Gasteiger partial charge on any atom is 0.271 e. The van der Waals surface area contributed by atoms with Crippen molar-refractivity contribution in [3.05, 3.63) is 82.8 Å². The number of hydrogen-bond donors (Lipinski definition) is 0. The average Bonchev–Trinajstić information content (AvgIpc) is 3.58. The van der Waals surface area contributed by atoms with Gasteiger partial charge in [0.15, 0.2) is 11.6 Å². The van der Waals surface area contributed by atoms with Gasteiger partial charge in [-0.2, -0.15) is 10.4 Å². The second-order valence-electron chi connectivity index (χ2n) is 9.15. The lowest BCUT2D eigenvalue weighted by Gasteiger charge is -2.32. The number of ether oxygens (including phenoxy) is 1. The number of nitrogens with zero attached hydrogens (tertiary/aromatic N) is 4. The number of aromatic nitrogens is 2. The average molecular weight is 497 g/mol. The van der Waals surface area contributed by atoms with Gasteiger partial charge in [0.25, 0.3) is 11.8 Å². The quantitative estimate of drug-likeness (QED) is 0.357. The fourth-order valence-electron chi connectivity index (χ4n) is 4.99. The molecule has 8 heteroatoms. The van der Waals surface area contributed by atoms with Gasteiger partial charge in [-0.25, -0.2) is 9.07 Å². The lowest BCUT2D eigenvalue weighted by molar-refractivity contribution is -0.143. The largest absolute Gasteiger partial charge is 0.494 e. The Hall–Kier alpha value is -4.51. The van der Waals surface area contributed by atoms with Crippen molar-refractivity contribution in [3.8, 4) is 28.8 Å². The number of amides is 2. The first-order chi connectivity index (χ1) is 17.9. The fraction of sp³-hybridized carbons (Fsp3) is 0.241. The Bertz CT molecular complexity index is 1490. The molecule has 0 atom stereocenters. The molecular formula is C29H25FN4O3. The first kappa shape index (κ1) is 24.2. The van der Waals surface area contributed by atoms with Crippen LogP contribution in [0.4, 0.5) is 4.39 Å². The summed E-state index contributed by atoms with van der Waals surface area (Å²) in [5.41, 5.74) is 2.82. The van der Waals surface area contributed by atoms with Crippen molar-refractivity contribution in [2.75, 3.05) is 7.11 Å². The van der Waals surface area contributed by atoms with Crippen LogP contribution in [0.5, 0.6) is 5.75 Å².